The minimum Gasteiger partial charge on any atom is -0.420 e. The summed E-state index contributed by atoms with van der Waals surface area (Å²) in [7, 11) is 0. The highest BCUT2D eigenvalue weighted by atomic mass is 35.5. The van der Waals surface area contributed by atoms with Gasteiger partial charge >= 0.3 is 0 Å². The molecule has 0 aliphatic rings. The number of aromatic nitrogens is 2. The van der Waals surface area contributed by atoms with Crippen molar-refractivity contribution >= 4 is 23.4 Å². The largest absolute Gasteiger partial charge is 0.420 e. The van der Waals surface area contributed by atoms with Crippen molar-refractivity contribution in [3.63, 3.8) is 0 Å². The average Bonchev–Trinajstić information content (AvgIpc) is 2.88. The molecule has 0 saturated heterocycles. The summed E-state index contributed by atoms with van der Waals surface area (Å²) < 4.78 is 5.58. The average molecular weight is 299 g/mol. The minimum atomic E-state index is 0.201. The van der Waals surface area contributed by atoms with Crippen LogP contribution in [-0.2, 0) is 5.75 Å². The number of halogens is 1. The van der Waals surface area contributed by atoms with E-state index in [9.17, 15) is 0 Å². The van der Waals surface area contributed by atoms with Crippen LogP contribution >= 0.6 is 23.4 Å². The van der Waals surface area contributed by atoms with E-state index in [2.05, 4.69) is 10.2 Å². The van der Waals surface area contributed by atoms with Gasteiger partial charge in [0.15, 0.2) is 0 Å². The van der Waals surface area contributed by atoms with Crippen LogP contribution in [0.1, 0.15) is 12.8 Å². The van der Waals surface area contributed by atoms with Crippen molar-refractivity contribution in [2.75, 3.05) is 12.4 Å². The summed E-state index contributed by atoms with van der Waals surface area (Å²) in [5, 5.41) is 17.6. The van der Waals surface area contributed by atoms with Gasteiger partial charge < -0.3 is 9.52 Å². The number of nitrogens with zero attached hydrogens (tertiary/aromatic N) is 2. The Balaban J connectivity index is 1.93. The maximum absolute atomic E-state index is 8.93. The summed E-state index contributed by atoms with van der Waals surface area (Å²) >= 11 is 7.50. The summed E-state index contributed by atoms with van der Waals surface area (Å²) in [6, 6.07) is 7.28. The third-order valence-electron chi connectivity index (χ3n) is 2.50. The SMILES string of the molecule is CC(CO)CSCc1nnc(-c2ccc(Cl)cc2)o1. The van der Waals surface area contributed by atoms with Gasteiger partial charge in [0.1, 0.15) is 0 Å². The molecule has 1 atom stereocenters. The minimum absolute atomic E-state index is 0.201. The molecule has 102 valence electrons. The van der Waals surface area contributed by atoms with Gasteiger partial charge in [-0.25, -0.2) is 0 Å². The Morgan fingerprint density at radius 2 is 2.05 bits per heavy atom. The predicted molar refractivity (Wildman–Crippen MR) is 77.2 cm³/mol. The van der Waals surface area contributed by atoms with Crippen LogP contribution in [-0.4, -0.2) is 27.7 Å². The number of rotatable bonds is 6. The molecule has 1 N–H and O–H groups in total. The first-order valence-electron chi connectivity index (χ1n) is 5.96. The third kappa shape index (κ3) is 4.23. The second-order valence-electron chi connectivity index (χ2n) is 4.31. The van der Waals surface area contributed by atoms with Crippen molar-refractivity contribution in [3.05, 3.63) is 35.2 Å². The Labute approximate surface area is 121 Å². The Hall–Kier alpha value is -1.04. The summed E-state index contributed by atoms with van der Waals surface area (Å²) in [6.07, 6.45) is 0. The number of aliphatic hydroxyl groups excluding tert-OH is 1. The Bertz CT molecular complexity index is 516. The molecular weight excluding hydrogens is 284 g/mol. The lowest BCUT2D eigenvalue weighted by molar-refractivity contribution is 0.250. The van der Waals surface area contributed by atoms with Crippen LogP contribution < -0.4 is 0 Å². The van der Waals surface area contributed by atoms with Gasteiger partial charge in [-0.2, -0.15) is 11.8 Å². The molecule has 0 bridgehead atoms. The normalized spacial score (nSPS) is 12.6. The standard InChI is InChI=1S/C13H15ClN2O2S/c1-9(6-17)7-19-8-12-15-16-13(18-12)10-2-4-11(14)5-3-10/h2-5,9,17H,6-8H2,1H3. The van der Waals surface area contributed by atoms with Crippen LogP contribution in [0.4, 0.5) is 0 Å². The van der Waals surface area contributed by atoms with E-state index in [4.69, 9.17) is 21.1 Å². The monoisotopic (exact) mass is 298 g/mol. The highest BCUT2D eigenvalue weighted by Crippen LogP contribution is 2.22. The summed E-state index contributed by atoms with van der Waals surface area (Å²) in [5.74, 6) is 2.91. The molecule has 0 spiro atoms. The van der Waals surface area contributed by atoms with Crippen LogP contribution in [0.2, 0.25) is 5.02 Å². The molecule has 0 saturated carbocycles. The summed E-state index contributed by atoms with van der Waals surface area (Å²) in [5.41, 5.74) is 0.858. The summed E-state index contributed by atoms with van der Waals surface area (Å²) in [6.45, 7) is 2.20. The maximum atomic E-state index is 8.93. The van der Waals surface area contributed by atoms with E-state index in [-0.39, 0.29) is 12.5 Å². The van der Waals surface area contributed by atoms with Crippen molar-refractivity contribution < 1.29 is 9.52 Å². The molecule has 4 nitrogen and oxygen atoms in total. The molecule has 0 aliphatic carbocycles. The van der Waals surface area contributed by atoms with E-state index < -0.39 is 0 Å². The zero-order chi connectivity index (χ0) is 13.7. The van der Waals surface area contributed by atoms with E-state index in [0.29, 0.717) is 22.6 Å². The zero-order valence-corrected chi connectivity index (χ0v) is 12.1. The van der Waals surface area contributed by atoms with E-state index in [1.165, 1.54) is 0 Å². The van der Waals surface area contributed by atoms with Crippen LogP contribution in [0.25, 0.3) is 11.5 Å². The van der Waals surface area contributed by atoms with Crippen LogP contribution in [0.15, 0.2) is 28.7 Å². The second-order valence-corrected chi connectivity index (χ2v) is 5.78. The van der Waals surface area contributed by atoms with Crippen LogP contribution in [0.3, 0.4) is 0 Å². The molecule has 19 heavy (non-hydrogen) atoms. The molecule has 2 aromatic rings. The topological polar surface area (TPSA) is 59.2 Å². The Morgan fingerprint density at radius 1 is 1.32 bits per heavy atom. The van der Waals surface area contributed by atoms with Crippen molar-refractivity contribution in [2.24, 2.45) is 5.92 Å². The molecule has 0 radical (unpaired) electrons. The van der Waals surface area contributed by atoms with Gasteiger partial charge in [0.25, 0.3) is 0 Å². The fourth-order valence-corrected chi connectivity index (χ4v) is 2.46. The van der Waals surface area contributed by atoms with Crippen molar-refractivity contribution in [1.29, 1.82) is 0 Å². The predicted octanol–water partition coefficient (Wildman–Crippen LogP) is 3.25. The third-order valence-corrected chi connectivity index (χ3v) is 4.01. The lowest BCUT2D eigenvalue weighted by Crippen LogP contribution is -2.03. The Morgan fingerprint density at radius 3 is 2.74 bits per heavy atom. The van der Waals surface area contributed by atoms with E-state index in [1.54, 1.807) is 23.9 Å². The number of thioether (sulfide) groups is 1. The first-order valence-corrected chi connectivity index (χ1v) is 7.49. The first-order chi connectivity index (χ1) is 9.19. The fourth-order valence-electron chi connectivity index (χ4n) is 1.42. The van der Waals surface area contributed by atoms with Gasteiger partial charge in [-0.3, -0.25) is 0 Å². The van der Waals surface area contributed by atoms with Gasteiger partial charge in [0.05, 0.1) is 5.75 Å². The molecule has 2 rings (SSSR count). The Kier molecular flexibility index (Phi) is 5.24. The van der Waals surface area contributed by atoms with Crippen molar-refractivity contribution in [3.8, 4) is 11.5 Å². The zero-order valence-electron chi connectivity index (χ0n) is 10.5. The molecule has 0 aliphatic heterocycles. The molecule has 1 heterocycles. The first kappa shape index (κ1) is 14.4. The highest BCUT2D eigenvalue weighted by molar-refractivity contribution is 7.98. The van der Waals surface area contributed by atoms with Crippen molar-refractivity contribution in [1.82, 2.24) is 10.2 Å². The smallest absolute Gasteiger partial charge is 0.247 e. The van der Waals surface area contributed by atoms with Gasteiger partial charge in [-0.15, -0.1) is 10.2 Å². The molecule has 1 aromatic heterocycles. The number of hydrogen-bond donors (Lipinski definition) is 1. The van der Waals surface area contributed by atoms with Gasteiger partial charge in [0.2, 0.25) is 11.8 Å². The maximum Gasteiger partial charge on any atom is 0.247 e. The molecule has 0 fully saturated rings. The van der Waals surface area contributed by atoms with E-state index in [0.717, 1.165) is 11.3 Å². The summed E-state index contributed by atoms with van der Waals surface area (Å²) in [4.78, 5) is 0. The van der Waals surface area contributed by atoms with E-state index >= 15 is 0 Å². The lowest BCUT2D eigenvalue weighted by atomic mass is 10.2. The molecule has 0 amide bonds. The number of hydrogen-bond acceptors (Lipinski definition) is 5. The molecule has 1 aromatic carbocycles. The molecule has 6 heteroatoms. The number of aliphatic hydroxyl groups is 1. The fraction of sp³-hybridized carbons (Fsp3) is 0.385. The highest BCUT2D eigenvalue weighted by Gasteiger charge is 2.09. The molecule has 1 unspecified atom stereocenters. The van der Waals surface area contributed by atoms with Gasteiger partial charge in [-0.05, 0) is 35.9 Å². The van der Waals surface area contributed by atoms with Gasteiger partial charge in [0, 0.05) is 17.2 Å². The molecular formula is C13H15ClN2O2S. The lowest BCUT2D eigenvalue weighted by Gasteiger charge is -2.04. The van der Waals surface area contributed by atoms with Crippen molar-refractivity contribution in [2.45, 2.75) is 12.7 Å². The van der Waals surface area contributed by atoms with Crippen LogP contribution in [0.5, 0.6) is 0 Å². The van der Waals surface area contributed by atoms with Crippen LogP contribution in [0, 0.1) is 5.92 Å². The quantitative estimate of drug-likeness (QED) is 0.887. The van der Waals surface area contributed by atoms with Gasteiger partial charge in [-0.1, -0.05) is 18.5 Å². The number of benzene rings is 1. The second kappa shape index (κ2) is 6.93. The van der Waals surface area contributed by atoms with E-state index in [1.807, 2.05) is 19.1 Å².